The molecule has 1 heterocycles. The molecule has 0 saturated carbocycles. The quantitative estimate of drug-likeness (QED) is 0.472. The summed E-state index contributed by atoms with van der Waals surface area (Å²) in [5.74, 6) is 0.169. The maximum atomic E-state index is 12.4. The van der Waals surface area contributed by atoms with E-state index in [9.17, 15) is 14.4 Å². The SMILES string of the molecule is COc1ccc(/C=c2\[nH]c(=O)/c(=C/c3ccc(NC(=O)CO)cc3)[nH]c2=O)cc1. The smallest absolute Gasteiger partial charge is 0.272 e. The third kappa shape index (κ3) is 5.08. The minimum absolute atomic E-state index is 0.106. The van der Waals surface area contributed by atoms with Crippen molar-refractivity contribution in [2.75, 3.05) is 19.0 Å². The molecule has 0 radical (unpaired) electrons. The molecule has 0 aliphatic heterocycles. The van der Waals surface area contributed by atoms with Crippen LogP contribution in [-0.4, -0.2) is 34.7 Å². The second-order valence-electron chi connectivity index (χ2n) is 6.13. The maximum absolute atomic E-state index is 12.4. The minimum atomic E-state index is -0.607. The predicted molar refractivity (Wildman–Crippen MR) is 109 cm³/mol. The Bertz CT molecular complexity index is 1240. The van der Waals surface area contributed by atoms with Gasteiger partial charge in [0.15, 0.2) is 0 Å². The number of anilines is 1. The first-order valence-electron chi connectivity index (χ1n) is 8.69. The van der Waals surface area contributed by atoms with Gasteiger partial charge in [-0.15, -0.1) is 0 Å². The van der Waals surface area contributed by atoms with Crippen molar-refractivity contribution in [2.45, 2.75) is 0 Å². The molecule has 1 aromatic heterocycles. The van der Waals surface area contributed by atoms with Gasteiger partial charge in [-0.1, -0.05) is 24.3 Å². The number of rotatable bonds is 5. The number of hydrogen-bond acceptors (Lipinski definition) is 5. The summed E-state index contributed by atoms with van der Waals surface area (Å²) in [6.07, 6.45) is 3.09. The number of benzene rings is 2. The van der Waals surface area contributed by atoms with Crippen molar-refractivity contribution in [3.63, 3.8) is 0 Å². The molecule has 0 saturated heterocycles. The molecule has 0 aliphatic carbocycles. The van der Waals surface area contributed by atoms with E-state index >= 15 is 0 Å². The normalized spacial score (nSPS) is 12.1. The summed E-state index contributed by atoms with van der Waals surface area (Å²) >= 11 is 0. The molecular formula is C21H19N3O5. The number of aromatic nitrogens is 2. The van der Waals surface area contributed by atoms with Crippen molar-refractivity contribution in [3.8, 4) is 5.75 Å². The van der Waals surface area contributed by atoms with Gasteiger partial charge in [-0.05, 0) is 47.5 Å². The number of carbonyl (C=O) groups excluding carboxylic acids is 1. The number of aliphatic hydroxyl groups is 1. The molecule has 2 aromatic carbocycles. The first kappa shape index (κ1) is 19.8. The molecular weight excluding hydrogens is 374 g/mol. The molecule has 29 heavy (non-hydrogen) atoms. The Hall–Kier alpha value is -3.91. The molecule has 0 atom stereocenters. The Labute approximate surface area is 164 Å². The van der Waals surface area contributed by atoms with Crippen LogP contribution in [0.1, 0.15) is 11.1 Å². The molecule has 4 N–H and O–H groups in total. The van der Waals surface area contributed by atoms with Crippen LogP contribution < -0.4 is 31.9 Å². The van der Waals surface area contributed by atoms with Gasteiger partial charge in [0.1, 0.15) is 23.1 Å². The fourth-order valence-electron chi connectivity index (χ4n) is 2.59. The van der Waals surface area contributed by atoms with Gasteiger partial charge in [0, 0.05) is 5.69 Å². The summed E-state index contributed by atoms with van der Waals surface area (Å²) in [6.45, 7) is -0.607. The van der Waals surface area contributed by atoms with Crippen LogP contribution in [0.2, 0.25) is 0 Å². The highest BCUT2D eigenvalue weighted by molar-refractivity contribution is 5.91. The average molecular weight is 393 g/mol. The molecule has 8 heteroatoms. The molecule has 0 spiro atoms. The lowest BCUT2D eigenvalue weighted by atomic mass is 10.2. The van der Waals surface area contributed by atoms with Crippen LogP contribution >= 0.6 is 0 Å². The molecule has 3 aromatic rings. The number of hydrogen-bond donors (Lipinski definition) is 4. The molecule has 0 unspecified atom stereocenters. The zero-order valence-electron chi connectivity index (χ0n) is 15.6. The van der Waals surface area contributed by atoms with Crippen molar-refractivity contribution in [1.82, 2.24) is 9.97 Å². The molecule has 148 valence electrons. The minimum Gasteiger partial charge on any atom is -0.497 e. The average Bonchev–Trinajstić information content (AvgIpc) is 2.73. The number of amides is 1. The van der Waals surface area contributed by atoms with E-state index in [-0.39, 0.29) is 10.7 Å². The Morgan fingerprint density at radius 1 is 0.931 bits per heavy atom. The molecule has 8 nitrogen and oxygen atoms in total. The van der Waals surface area contributed by atoms with E-state index in [1.807, 2.05) is 0 Å². The first-order valence-corrected chi connectivity index (χ1v) is 8.69. The monoisotopic (exact) mass is 393 g/mol. The maximum Gasteiger partial charge on any atom is 0.272 e. The van der Waals surface area contributed by atoms with Crippen LogP contribution in [-0.2, 0) is 4.79 Å². The van der Waals surface area contributed by atoms with Crippen LogP contribution in [0.15, 0.2) is 58.1 Å². The molecule has 0 fully saturated rings. The van der Waals surface area contributed by atoms with Crippen molar-refractivity contribution < 1.29 is 14.6 Å². The fourth-order valence-corrected chi connectivity index (χ4v) is 2.59. The van der Waals surface area contributed by atoms with E-state index in [4.69, 9.17) is 9.84 Å². The van der Waals surface area contributed by atoms with Gasteiger partial charge in [-0.25, -0.2) is 0 Å². The highest BCUT2D eigenvalue weighted by Crippen LogP contribution is 2.11. The van der Waals surface area contributed by atoms with E-state index < -0.39 is 23.6 Å². The van der Waals surface area contributed by atoms with E-state index in [0.29, 0.717) is 17.0 Å². The van der Waals surface area contributed by atoms with Crippen molar-refractivity contribution >= 4 is 23.7 Å². The standard InChI is InChI=1S/C21H19N3O5/c1-29-16-8-4-14(5-9-16)11-18-21(28)23-17(20(27)24-18)10-13-2-6-15(7-3-13)22-19(26)12-25/h2-11,25H,12H2,1H3,(H,22,26)(H,23,28)(H,24,27)/b17-10-,18-11-. The Kier molecular flexibility index (Phi) is 6.06. The number of ether oxygens (including phenoxy) is 1. The molecule has 1 amide bonds. The lowest BCUT2D eigenvalue weighted by molar-refractivity contribution is -0.118. The summed E-state index contributed by atoms with van der Waals surface area (Å²) in [5.41, 5.74) is 1.03. The van der Waals surface area contributed by atoms with Crippen molar-refractivity contribution in [1.29, 1.82) is 0 Å². The van der Waals surface area contributed by atoms with E-state index in [1.54, 1.807) is 61.7 Å². The third-order valence-electron chi connectivity index (χ3n) is 4.06. The number of H-pyrrole nitrogens is 2. The van der Waals surface area contributed by atoms with E-state index in [2.05, 4.69) is 15.3 Å². The number of carbonyl (C=O) groups is 1. The van der Waals surface area contributed by atoms with Gasteiger partial charge in [-0.2, -0.15) is 0 Å². The first-order chi connectivity index (χ1) is 14.0. The van der Waals surface area contributed by atoms with Gasteiger partial charge in [0.25, 0.3) is 11.1 Å². The summed E-state index contributed by atoms with van der Waals surface area (Å²) in [7, 11) is 1.56. The van der Waals surface area contributed by atoms with E-state index in [1.165, 1.54) is 6.08 Å². The van der Waals surface area contributed by atoms with Gasteiger partial charge in [0.2, 0.25) is 5.91 Å². The third-order valence-corrected chi connectivity index (χ3v) is 4.06. The topological polar surface area (TPSA) is 124 Å². The summed E-state index contributed by atoms with van der Waals surface area (Å²) in [5, 5.41) is 11.5. The largest absolute Gasteiger partial charge is 0.497 e. The number of aliphatic hydroxyl groups excluding tert-OH is 1. The summed E-state index contributed by atoms with van der Waals surface area (Å²) in [6, 6.07) is 13.6. The van der Waals surface area contributed by atoms with Gasteiger partial charge >= 0.3 is 0 Å². The Balaban J connectivity index is 1.92. The van der Waals surface area contributed by atoms with Crippen molar-refractivity contribution in [2.24, 2.45) is 0 Å². The van der Waals surface area contributed by atoms with Crippen LogP contribution in [0.3, 0.4) is 0 Å². The number of methoxy groups -OCH3 is 1. The highest BCUT2D eigenvalue weighted by Gasteiger charge is 2.00. The number of aromatic amines is 2. The van der Waals surface area contributed by atoms with Gasteiger partial charge in [-0.3, -0.25) is 14.4 Å². The Morgan fingerprint density at radius 3 is 1.86 bits per heavy atom. The second kappa shape index (κ2) is 8.85. The van der Waals surface area contributed by atoms with E-state index in [0.717, 1.165) is 5.56 Å². The lowest BCUT2D eigenvalue weighted by Gasteiger charge is -2.02. The Morgan fingerprint density at radius 2 is 1.41 bits per heavy atom. The van der Waals surface area contributed by atoms with Gasteiger partial charge < -0.3 is 25.1 Å². The van der Waals surface area contributed by atoms with Gasteiger partial charge in [0.05, 0.1) is 7.11 Å². The fraction of sp³-hybridized carbons (Fsp3) is 0.0952. The van der Waals surface area contributed by atoms with Crippen LogP contribution in [0.5, 0.6) is 5.75 Å². The second-order valence-corrected chi connectivity index (χ2v) is 6.13. The lowest BCUT2D eigenvalue weighted by Crippen LogP contribution is -2.46. The number of nitrogens with one attached hydrogen (secondary N) is 3. The zero-order valence-corrected chi connectivity index (χ0v) is 15.6. The van der Waals surface area contributed by atoms with Crippen molar-refractivity contribution in [3.05, 3.63) is 91.1 Å². The molecule has 0 bridgehead atoms. The highest BCUT2D eigenvalue weighted by atomic mass is 16.5. The zero-order chi connectivity index (χ0) is 20.8. The summed E-state index contributed by atoms with van der Waals surface area (Å²) in [4.78, 5) is 41.0. The molecule has 0 aliphatic rings. The van der Waals surface area contributed by atoms with Crippen LogP contribution in [0.25, 0.3) is 12.2 Å². The predicted octanol–water partition coefficient (Wildman–Crippen LogP) is -0.340. The summed E-state index contributed by atoms with van der Waals surface area (Å²) < 4.78 is 5.09. The van der Waals surface area contributed by atoms with Crippen LogP contribution in [0.4, 0.5) is 5.69 Å². The molecule has 3 rings (SSSR count). The van der Waals surface area contributed by atoms with Crippen LogP contribution in [0, 0.1) is 0 Å².